The minimum atomic E-state index is -3.54. The molecule has 3 nitrogen and oxygen atoms in total. The third-order valence-electron chi connectivity index (χ3n) is 2.19. The van der Waals surface area contributed by atoms with Gasteiger partial charge in [0.25, 0.3) is 0 Å². The van der Waals surface area contributed by atoms with Gasteiger partial charge >= 0.3 is 0 Å². The van der Waals surface area contributed by atoms with E-state index in [1.165, 1.54) is 19.1 Å². The van der Waals surface area contributed by atoms with E-state index in [1.54, 1.807) is 12.1 Å². The van der Waals surface area contributed by atoms with Crippen molar-refractivity contribution in [2.75, 3.05) is 6.26 Å². The van der Waals surface area contributed by atoms with Crippen LogP contribution in [-0.2, 0) is 9.84 Å². The molecule has 0 aliphatic heterocycles. The number of hydrogen-bond donors (Lipinski definition) is 0. The molecule has 0 spiro atoms. The van der Waals surface area contributed by atoms with Crippen molar-refractivity contribution in [2.24, 2.45) is 0 Å². The lowest BCUT2D eigenvalue weighted by Crippen LogP contribution is -2.36. The third kappa shape index (κ3) is 2.64. The van der Waals surface area contributed by atoms with Crippen LogP contribution in [0.1, 0.15) is 17.3 Å². The molecule has 1 atom stereocenters. The Morgan fingerprint density at radius 3 is 2.44 bits per heavy atom. The van der Waals surface area contributed by atoms with Crippen molar-refractivity contribution in [1.29, 1.82) is 0 Å². The molecule has 0 aliphatic carbocycles. The molecule has 0 N–H and O–H groups in total. The zero-order chi connectivity index (χ0) is 12.6. The van der Waals surface area contributed by atoms with Gasteiger partial charge in [-0.15, -0.1) is 0 Å². The molecule has 0 fully saturated rings. The van der Waals surface area contributed by atoms with E-state index < -0.39 is 19.3 Å². The molecule has 0 radical (unpaired) electrons. The lowest BCUT2D eigenvalue weighted by Gasteiger charge is -2.18. The van der Waals surface area contributed by atoms with Gasteiger partial charge in [-0.25, -0.2) is 8.42 Å². The summed E-state index contributed by atoms with van der Waals surface area (Å²) in [6.07, 6.45) is 1.00. The van der Waals surface area contributed by atoms with Crippen molar-refractivity contribution >= 4 is 43.2 Å². The van der Waals surface area contributed by atoms with Gasteiger partial charge in [0, 0.05) is 16.8 Å². The average Bonchev–Trinajstić information content (AvgIpc) is 2.14. The number of halogens is 2. The molecule has 6 heteroatoms. The second-order valence-corrected chi connectivity index (χ2v) is 8.44. The van der Waals surface area contributed by atoms with Crippen molar-refractivity contribution in [2.45, 2.75) is 10.6 Å². The lowest BCUT2D eigenvalue weighted by atomic mass is 10.1. The lowest BCUT2D eigenvalue weighted by molar-refractivity contribution is 0.0983. The number of rotatable bonds is 3. The molecule has 0 aliphatic rings. The maximum Gasteiger partial charge on any atom is 0.194 e. The molecule has 0 heterocycles. The largest absolute Gasteiger partial charge is 0.291 e. The number of ketones is 1. The first kappa shape index (κ1) is 13.7. The highest BCUT2D eigenvalue weighted by molar-refractivity contribution is 9.12. The molecule has 16 heavy (non-hydrogen) atoms. The van der Waals surface area contributed by atoms with Crippen molar-refractivity contribution in [1.82, 2.24) is 0 Å². The van der Waals surface area contributed by atoms with Crippen molar-refractivity contribution in [3.63, 3.8) is 0 Å². The molecule has 0 saturated heterocycles. The second kappa shape index (κ2) is 4.47. The van der Waals surface area contributed by atoms with Gasteiger partial charge in [-0.2, -0.15) is 0 Å². The van der Waals surface area contributed by atoms with E-state index in [0.717, 1.165) is 6.26 Å². The average molecular weight is 326 g/mol. The first-order valence-electron chi connectivity index (χ1n) is 4.35. The van der Waals surface area contributed by atoms with Crippen molar-refractivity contribution in [3.05, 3.63) is 34.9 Å². The molecule has 0 aromatic heterocycles. The fourth-order valence-electron chi connectivity index (χ4n) is 1.06. The van der Waals surface area contributed by atoms with Crippen LogP contribution in [0, 0.1) is 0 Å². The van der Waals surface area contributed by atoms with Crippen LogP contribution < -0.4 is 0 Å². The van der Waals surface area contributed by atoms with Gasteiger partial charge in [-0.1, -0.05) is 39.7 Å². The normalized spacial score (nSPS) is 15.5. The Balaban J connectivity index is 3.23. The van der Waals surface area contributed by atoms with Crippen LogP contribution >= 0.6 is 27.5 Å². The number of alkyl halides is 1. The summed E-state index contributed by atoms with van der Waals surface area (Å²) in [5.41, 5.74) is 0.261. The fraction of sp³-hybridized carbons (Fsp3) is 0.300. The number of carbonyl (C=O) groups excluding carboxylic acids is 1. The highest BCUT2D eigenvalue weighted by atomic mass is 79.9. The molecule has 1 unspecified atom stereocenters. The van der Waals surface area contributed by atoms with Gasteiger partial charge in [0.05, 0.1) is 0 Å². The van der Waals surface area contributed by atoms with Crippen LogP contribution in [-0.4, -0.2) is 24.1 Å². The van der Waals surface area contributed by atoms with Gasteiger partial charge in [0.15, 0.2) is 19.3 Å². The zero-order valence-electron chi connectivity index (χ0n) is 8.70. The van der Waals surface area contributed by atoms with E-state index in [4.69, 9.17) is 11.6 Å². The monoisotopic (exact) mass is 324 g/mol. The number of carbonyl (C=O) groups is 1. The highest BCUT2D eigenvalue weighted by Gasteiger charge is 2.41. The minimum absolute atomic E-state index is 0.261. The van der Waals surface area contributed by atoms with Gasteiger partial charge in [-0.3, -0.25) is 4.79 Å². The zero-order valence-corrected chi connectivity index (χ0v) is 11.9. The number of Topliss-reactive ketones (excluding diaryl/α,β-unsaturated/α-hetero) is 1. The van der Waals surface area contributed by atoms with Crippen molar-refractivity contribution in [3.8, 4) is 0 Å². The predicted molar refractivity (Wildman–Crippen MR) is 68.0 cm³/mol. The maximum absolute atomic E-state index is 12.0. The van der Waals surface area contributed by atoms with E-state index in [2.05, 4.69) is 15.9 Å². The number of sulfone groups is 1. The van der Waals surface area contributed by atoms with Crippen molar-refractivity contribution < 1.29 is 13.2 Å². The Hall–Kier alpha value is -0.390. The Bertz CT molecular complexity index is 523. The van der Waals surface area contributed by atoms with Gasteiger partial charge in [0.1, 0.15) is 0 Å². The fourth-order valence-corrected chi connectivity index (χ4v) is 1.93. The van der Waals surface area contributed by atoms with Crippen LogP contribution in [0.25, 0.3) is 0 Å². The van der Waals surface area contributed by atoms with E-state index in [9.17, 15) is 13.2 Å². The SMILES string of the molecule is CC(Br)(C(=O)c1cccc(Cl)c1)S(C)(=O)=O. The summed E-state index contributed by atoms with van der Waals surface area (Å²) in [7, 11) is -3.54. The van der Waals surface area contributed by atoms with Crippen LogP contribution in [0.2, 0.25) is 5.02 Å². The summed E-state index contributed by atoms with van der Waals surface area (Å²) >= 11 is 8.68. The molecule has 0 bridgehead atoms. The van der Waals surface area contributed by atoms with E-state index in [0.29, 0.717) is 5.02 Å². The molecule has 1 rings (SSSR count). The Morgan fingerprint density at radius 1 is 1.44 bits per heavy atom. The standard InChI is InChI=1S/C10H10BrClO3S/c1-10(11,16(2,14)15)9(13)7-4-3-5-8(12)6-7/h3-6H,1-2H3. The van der Waals surface area contributed by atoms with Crippen LogP contribution in [0.15, 0.2) is 24.3 Å². The molecule has 0 amide bonds. The molecule has 0 saturated carbocycles. The minimum Gasteiger partial charge on any atom is -0.291 e. The van der Waals surface area contributed by atoms with Gasteiger partial charge in [0.2, 0.25) is 0 Å². The molecule has 1 aromatic rings. The second-order valence-electron chi connectivity index (χ2n) is 3.53. The van der Waals surface area contributed by atoms with Crippen LogP contribution in [0.3, 0.4) is 0 Å². The van der Waals surface area contributed by atoms with Crippen LogP contribution in [0.5, 0.6) is 0 Å². The molecule has 1 aromatic carbocycles. The first-order valence-corrected chi connectivity index (χ1v) is 7.41. The predicted octanol–water partition coefficient (Wildman–Crippen LogP) is 2.68. The summed E-state index contributed by atoms with van der Waals surface area (Å²) in [6.45, 7) is 1.31. The number of hydrogen-bond acceptors (Lipinski definition) is 3. The summed E-state index contributed by atoms with van der Waals surface area (Å²) in [5, 5.41) is 0.391. The van der Waals surface area contributed by atoms with E-state index >= 15 is 0 Å². The van der Waals surface area contributed by atoms with Crippen LogP contribution in [0.4, 0.5) is 0 Å². The number of benzene rings is 1. The first-order chi connectivity index (χ1) is 7.16. The Morgan fingerprint density at radius 2 is 2.00 bits per heavy atom. The summed E-state index contributed by atoms with van der Waals surface area (Å²) in [6, 6.07) is 6.18. The smallest absolute Gasteiger partial charge is 0.194 e. The highest BCUT2D eigenvalue weighted by Crippen LogP contribution is 2.29. The molecule has 88 valence electrons. The molecular weight excluding hydrogens is 316 g/mol. The van der Waals surface area contributed by atoms with Gasteiger partial charge < -0.3 is 0 Å². The topological polar surface area (TPSA) is 51.2 Å². The quantitative estimate of drug-likeness (QED) is 0.634. The Kier molecular flexibility index (Phi) is 3.82. The third-order valence-corrected chi connectivity index (χ3v) is 6.13. The maximum atomic E-state index is 12.0. The Labute approximate surface area is 108 Å². The summed E-state index contributed by atoms with van der Waals surface area (Å²) in [4.78, 5) is 12.0. The summed E-state index contributed by atoms with van der Waals surface area (Å²) < 4.78 is 21.3. The molecular formula is C10H10BrClO3S. The summed E-state index contributed by atoms with van der Waals surface area (Å²) in [5.74, 6) is -0.530. The van der Waals surface area contributed by atoms with E-state index in [-0.39, 0.29) is 5.56 Å². The van der Waals surface area contributed by atoms with Gasteiger partial charge in [-0.05, 0) is 19.1 Å². The van der Waals surface area contributed by atoms with E-state index in [1.807, 2.05) is 0 Å².